The van der Waals surface area contributed by atoms with Gasteiger partial charge in [0.05, 0.1) is 77.7 Å². The highest BCUT2D eigenvalue weighted by molar-refractivity contribution is 7.54. The predicted molar refractivity (Wildman–Crippen MR) is 540 cm³/mol. The van der Waals surface area contributed by atoms with Gasteiger partial charge in [0, 0.05) is 16.9 Å². The van der Waals surface area contributed by atoms with Gasteiger partial charge in [0.1, 0.15) is 43.1 Å². The maximum absolute atomic E-state index is 15.7. The summed E-state index contributed by atoms with van der Waals surface area (Å²) in [5, 5.41) is 7.02. The lowest BCUT2D eigenvalue weighted by Crippen LogP contribution is -2.68. The van der Waals surface area contributed by atoms with Crippen LogP contribution in [-0.2, 0) is 116 Å². The summed E-state index contributed by atoms with van der Waals surface area (Å²) >= 11 is 18.9. The van der Waals surface area contributed by atoms with Crippen LogP contribution in [0.4, 0.5) is 4.79 Å². The first-order chi connectivity index (χ1) is 66.8. The van der Waals surface area contributed by atoms with Gasteiger partial charge in [-0.2, -0.15) is 4.52 Å². The fraction of sp³-hybridized carbons (Fsp3) is 0.645. The second kappa shape index (κ2) is 70.0. The summed E-state index contributed by atoms with van der Waals surface area (Å²) in [5.74, 6) is -2.53. The summed E-state index contributed by atoms with van der Waals surface area (Å²) in [4.78, 5) is 91.8. The molecule has 0 radical (unpaired) electrons. The second-order valence-corrected chi connectivity index (χ2v) is 41.0. The maximum atomic E-state index is 15.7. The molecule has 3 aliphatic heterocycles. The zero-order chi connectivity index (χ0) is 97.4. The number of alkyl halides is 3. The maximum Gasteiger partial charge on any atom is 0.471 e. The van der Waals surface area contributed by atoms with Crippen molar-refractivity contribution in [2.24, 2.45) is 0 Å². The van der Waals surface area contributed by atoms with Crippen LogP contribution in [0.15, 0.2) is 158 Å². The number of esters is 3. The number of ether oxygens (including phenoxy) is 12. The number of hydrogen-bond donors (Lipinski definition) is 2. The van der Waals surface area contributed by atoms with Crippen molar-refractivity contribution in [3.63, 3.8) is 0 Å². The minimum Gasteiger partial charge on any atom is -0.591 e. The van der Waals surface area contributed by atoms with E-state index >= 15 is 19.3 Å². The highest BCUT2D eigenvalue weighted by atomic mass is 35.6. The van der Waals surface area contributed by atoms with Gasteiger partial charge in [-0.1, -0.05) is 445 Å². The van der Waals surface area contributed by atoms with Gasteiger partial charge < -0.3 is 72.4 Å². The molecule has 3 heterocycles. The lowest BCUT2D eigenvalue weighted by Gasteiger charge is -2.47. The lowest BCUT2D eigenvalue weighted by molar-refractivity contribution is -0.314. The molecule has 2 amide bonds. The third kappa shape index (κ3) is 48.7. The molecular weight excluding hydrogens is 1820 g/mol. The Hall–Kier alpha value is -6.77. The van der Waals surface area contributed by atoms with Gasteiger partial charge in [-0.15, -0.1) is 6.58 Å². The number of unbranched alkanes of at least 4 members (excludes halogenated alkanes) is 34. The number of nitrogens with one attached hydrogen (secondary N) is 2. The van der Waals surface area contributed by atoms with Gasteiger partial charge in [-0.3, -0.25) is 28.2 Å². The molecule has 137 heavy (non-hydrogen) atoms. The van der Waals surface area contributed by atoms with Gasteiger partial charge in [0.25, 0.3) is 0 Å². The van der Waals surface area contributed by atoms with E-state index in [1.54, 1.807) is 24.3 Å². The van der Waals surface area contributed by atoms with E-state index < -0.39 is 148 Å². The zero-order valence-corrected chi connectivity index (χ0v) is 85.6. The lowest BCUT2D eigenvalue weighted by atomic mass is 9.94. The Bertz CT molecular complexity index is 4130. The second-order valence-electron chi connectivity index (χ2n) is 37.0. The summed E-state index contributed by atoms with van der Waals surface area (Å²) in [6.07, 6.45) is 29.4. The van der Waals surface area contributed by atoms with Crippen molar-refractivity contribution in [1.29, 1.82) is 0 Å². The molecule has 764 valence electrons. The minimum absolute atomic E-state index is 0.0128. The first-order valence-corrected chi connectivity index (χ1v) is 54.5. The molecule has 0 spiro atoms. The van der Waals surface area contributed by atoms with Gasteiger partial charge in [-0.25, -0.2) is 4.79 Å². The molecule has 27 heteroatoms. The first-order valence-electron chi connectivity index (χ1n) is 51.9. The van der Waals surface area contributed by atoms with Crippen molar-refractivity contribution in [2.75, 3.05) is 26.4 Å². The molecule has 0 saturated carbocycles. The molecule has 5 aromatic rings. The molecule has 3 aliphatic rings. The van der Waals surface area contributed by atoms with Gasteiger partial charge >= 0.3 is 32.2 Å². The van der Waals surface area contributed by atoms with Crippen LogP contribution in [0.2, 0.25) is 0 Å². The number of carbonyl (C=O) groups is 5. The Balaban J connectivity index is 1.21. The van der Waals surface area contributed by atoms with E-state index in [1.165, 1.54) is 128 Å². The van der Waals surface area contributed by atoms with Crippen LogP contribution in [-0.4, -0.2) is 140 Å². The molecule has 2 saturated heterocycles. The zero-order valence-electron chi connectivity index (χ0n) is 82.4. The van der Waals surface area contributed by atoms with E-state index in [2.05, 4.69) is 44.9 Å². The molecule has 2 N–H and O–H groups in total. The molecule has 0 aromatic heterocycles. The van der Waals surface area contributed by atoms with E-state index in [9.17, 15) is 9.59 Å². The molecule has 2 fully saturated rings. The van der Waals surface area contributed by atoms with Crippen LogP contribution in [0.25, 0.3) is 12.5 Å². The van der Waals surface area contributed by atoms with Crippen molar-refractivity contribution < 1.29 is 99.3 Å². The van der Waals surface area contributed by atoms with Crippen LogP contribution in [0.1, 0.15) is 339 Å². The number of rotatable bonds is 75. The van der Waals surface area contributed by atoms with E-state index in [0.29, 0.717) is 48.1 Å². The normalized spacial score (nSPS) is 19.7. The molecule has 8 rings (SSSR count). The Morgan fingerprint density at radius 1 is 0.416 bits per heavy atom. The molecule has 0 bridgehead atoms. The molecule has 0 unspecified atom stereocenters. The standard InChI is InChI=1S/C110H162Cl3N2O21P/c1-6-11-15-19-23-27-28-32-36-40-56-72-98(117)131-94(71-55-39-35-31-26-22-18-14-9-4)76-100(119)135-106-102(115-109(120)128-85-110(111,112)113)108(132-95(83-122-77-86-59-45-41-46-60-86)104(106)136-137(121)129-81-90-67-57-58-68-91(90)82-130-137)127-84-96-103(126-80-89-65-51-44-52-66-89)105(134-99(118)75-93(125-79-88-63-49-43-50-64-88)70-54-38-34-30-25-21-17-13-8-3)101(107(133-96)123-73-10-5)114-97(116)74-92(124-78-87-61-47-42-48-62-87)69-53-37-33-29-24-20-16-12-7-2/h10,41-52,57-68,81-82,92-96,101-108H,5-9,11-40,53-56,69-80,83-85H2,1-4H3,(H,114,116)(H,115,120)/t92-,93-,94-,95-,96-,101-,102-,103-,104-,105-,106-,107+,108-/m1/s1. The van der Waals surface area contributed by atoms with Gasteiger partial charge in [-0.05, 0) is 54.4 Å². The fourth-order valence-electron chi connectivity index (χ4n) is 17.5. The smallest absolute Gasteiger partial charge is 0.471 e. The Morgan fingerprint density at radius 3 is 1.23 bits per heavy atom. The highest BCUT2D eigenvalue weighted by Crippen LogP contribution is 2.57. The number of halogens is 3. The monoisotopic (exact) mass is 1980 g/mol. The van der Waals surface area contributed by atoms with Crippen molar-refractivity contribution in [3.05, 3.63) is 191 Å². The third-order valence-corrected chi connectivity index (χ3v) is 26.7. The van der Waals surface area contributed by atoms with Crippen molar-refractivity contribution in [1.82, 2.24) is 10.6 Å². The average molecular weight is 1990 g/mol. The molecule has 23 nitrogen and oxygen atoms in total. The summed E-state index contributed by atoms with van der Waals surface area (Å²) in [5.41, 5.74) is 3.33. The number of carbonyl (C=O) groups excluding carboxylic acids is 5. The average Bonchev–Trinajstić information content (AvgIpc) is 1.06. The Morgan fingerprint density at radius 2 is 0.788 bits per heavy atom. The summed E-state index contributed by atoms with van der Waals surface area (Å²) in [7, 11) is -4.94. The highest BCUT2D eigenvalue weighted by Gasteiger charge is 2.58. The fourth-order valence-corrected chi connectivity index (χ4v) is 18.8. The largest absolute Gasteiger partial charge is 0.591 e. The molecule has 0 aliphatic carbocycles. The molecular formula is C110H162Cl3N2O21P. The minimum atomic E-state index is -4.94. The SMILES string of the molecule is C=CCO[C@H]1O[C@H](CO[C@@H]2O[C@H](COCc3ccccc3)[C@@H](O[P+]3([O-])OC=c4ccccc4=CO3)[C@H](OC(=O)C[C@@H](CCCCCCCCCCC)OC(=O)CCCCCCCCCCCCC)[C@H]2NC(=O)OCC(Cl)(Cl)Cl)[C@@H](OCc2ccccc2)[C@H](OC(=O)C[C@@H](CCCCCCCCCCC)OCc2ccccc2)[C@H]1NC(=O)C[C@@H](CCCCCCCCCCC)OCc1ccccc1. The van der Waals surface area contributed by atoms with Crippen LogP contribution in [0.3, 0.4) is 0 Å². The van der Waals surface area contributed by atoms with Crippen molar-refractivity contribution >= 4 is 85.4 Å². The van der Waals surface area contributed by atoms with Crippen LogP contribution in [0, 0.1) is 0 Å². The summed E-state index contributed by atoms with van der Waals surface area (Å²) in [6, 6.07) is 42.1. The number of fused-ring (bicyclic) bond motifs is 1. The van der Waals surface area contributed by atoms with Crippen LogP contribution in [0.5, 0.6) is 0 Å². The number of hydrogen-bond acceptors (Lipinski definition) is 21. The first kappa shape index (κ1) is 115. The predicted octanol–water partition coefficient (Wildman–Crippen LogP) is 24.6. The Labute approximate surface area is 834 Å². The number of benzene rings is 5. The van der Waals surface area contributed by atoms with Crippen molar-refractivity contribution in [2.45, 2.75) is 426 Å². The van der Waals surface area contributed by atoms with Gasteiger partial charge in [0.2, 0.25) is 9.70 Å². The van der Waals surface area contributed by atoms with Gasteiger partial charge in [0.15, 0.2) is 43.4 Å². The van der Waals surface area contributed by atoms with E-state index in [1.807, 2.05) is 121 Å². The number of phosphoric ester groups is 1. The molecule has 13 atom stereocenters. The third-order valence-electron chi connectivity index (χ3n) is 25.2. The number of phosphoric acid groups is 1. The summed E-state index contributed by atoms with van der Waals surface area (Å²) in [6.45, 7) is 11.3. The van der Waals surface area contributed by atoms with E-state index in [4.69, 9.17) is 105 Å². The number of amides is 2. The van der Waals surface area contributed by atoms with Crippen LogP contribution < -0.4 is 26.0 Å². The topological polar surface area (TPSA) is 271 Å². The quantitative estimate of drug-likeness (QED) is 0.00914. The van der Waals surface area contributed by atoms with E-state index in [0.717, 1.165) is 139 Å². The Kier molecular flexibility index (Phi) is 59.0. The number of alkyl carbamates (subject to hydrolysis) is 1. The summed E-state index contributed by atoms with van der Waals surface area (Å²) < 4.78 is 97.6. The van der Waals surface area contributed by atoms with E-state index in [-0.39, 0.29) is 52.3 Å². The van der Waals surface area contributed by atoms with Crippen molar-refractivity contribution in [3.8, 4) is 0 Å². The van der Waals surface area contributed by atoms with Crippen LogP contribution >= 0.6 is 43.0 Å². The molecule has 5 aromatic carbocycles.